The van der Waals surface area contributed by atoms with Crippen molar-refractivity contribution in [3.05, 3.63) is 128 Å². The predicted octanol–water partition coefficient (Wildman–Crippen LogP) is 11.0. The number of rotatable bonds is 62. The lowest BCUT2D eigenvalue weighted by Crippen LogP contribution is -2.41. The first-order valence-electron chi connectivity index (χ1n) is 38.3. The summed E-state index contributed by atoms with van der Waals surface area (Å²) in [4.78, 5) is 64.9. The Hall–Kier alpha value is -6.60. The summed E-state index contributed by atoms with van der Waals surface area (Å²) in [5, 5.41) is 5.79. The predicted molar refractivity (Wildman–Crippen MR) is 414 cm³/mol. The fourth-order valence-electron chi connectivity index (χ4n) is 14.0. The molecule has 4 amide bonds. The van der Waals surface area contributed by atoms with Gasteiger partial charge in [0.1, 0.15) is 0 Å². The molecule has 0 fully saturated rings. The summed E-state index contributed by atoms with van der Waals surface area (Å²) in [6.07, 6.45) is 8.06. The van der Waals surface area contributed by atoms with Gasteiger partial charge in [0.05, 0.1) is 170 Å². The van der Waals surface area contributed by atoms with Crippen LogP contribution < -0.4 is 9.80 Å². The second-order valence-electron chi connectivity index (χ2n) is 26.4. The van der Waals surface area contributed by atoms with Crippen LogP contribution in [0.5, 0.6) is 0 Å². The lowest BCUT2D eigenvalue weighted by molar-refractivity contribution is 0.0240. The summed E-state index contributed by atoms with van der Waals surface area (Å²) < 4.78 is 101. The Morgan fingerprint density at radius 1 is 0.222 bits per heavy atom. The number of carbonyl (C=O) groups excluding carboxylic acids is 4. The quantitative estimate of drug-likeness (QED) is 0.0149. The van der Waals surface area contributed by atoms with E-state index in [1.54, 1.807) is 42.7 Å². The van der Waals surface area contributed by atoms with Crippen molar-refractivity contribution in [3.63, 3.8) is 0 Å². The lowest BCUT2D eigenvalue weighted by Gasteiger charge is -2.31. The van der Waals surface area contributed by atoms with E-state index in [9.17, 15) is 0 Å². The highest BCUT2D eigenvalue weighted by molar-refractivity contribution is 6.45. The molecule has 0 atom stereocenters. The molecule has 7 aromatic rings. The number of nitrogens with zero attached hydrogens (tertiary/aromatic N) is 2. The van der Waals surface area contributed by atoms with Gasteiger partial charge in [-0.1, -0.05) is 24.3 Å². The molecule has 2 aliphatic rings. The van der Waals surface area contributed by atoms with E-state index in [-0.39, 0.29) is 0 Å². The van der Waals surface area contributed by atoms with Crippen LogP contribution in [0.4, 0.5) is 11.4 Å². The van der Waals surface area contributed by atoms with Crippen molar-refractivity contribution in [2.24, 2.45) is 0 Å². The van der Waals surface area contributed by atoms with Crippen LogP contribution >= 0.6 is 0 Å². The monoisotopic (exact) mass is 1500 g/mol. The van der Waals surface area contributed by atoms with E-state index in [2.05, 4.69) is 0 Å². The van der Waals surface area contributed by atoms with Gasteiger partial charge in [-0.05, 0) is 191 Å². The van der Waals surface area contributed by atoms with Gasteiger partial charge in [-0.15, -0.1) is 0 Å². The Morgan fingerprint density at radius 2 is 0.407 bits per heavy atom. The molecule has 0 aromatic heterocycles. The zero-order valence-electron chi connectivity index (χ0n) is 64.5. The number of benzene rings is 7. The summed E-state index contributed by atoms with van der Waals surface area (Å²) in [6, 6.07) is 23.1. The smallest absolute Gasteiger partial charge is 0.265 e. The van der Waals surface area contributed by atoms with Crippen molar-refractivity contribution >= 4 is 78.1 Å². The molecule has 592 valence electrons. The number of anilines is 2. The van der Waals surface area contributed by atoms with Crippen LogP contribution in [-0.4, -0.2) is 264 Å². The first-order chi connectivity index (χ1) is 53.2. The van der Waals surface area contributed by atoms with Gasteiger partial charge in [0.2, 0.25) is 0 Å². The van der Waals surface area contributed by atoms with Crippen LogP contribution in [0.15, 0.2) is 72.8 Å². The number of amides is 4. The third kappa shape index (κ3) is 24.2. The maximum absolute atomic E-state index is 15.6. The highest BCUT2D eigenvalue weighted by Gasteiger charge is 2.39. The minimum absolute atomic E-state index is 0.391. The van der Waals surface area contributed by atoms with Gasteiger partial charge in [0, 0.05) is 115 Å². The van der Waals surface area contributed by atoms with E-state index >= 15 is 19.2 Å². The summed E-state index contributed by atoms with van der Waals surface area (Å²) in [7, 11) is 9.85. The number of fused-ring (bicyclic) bond motifs is 2. The second-order valence-corrected chi connectivity index (χ2v) is 26.4. The molecule has 0 unspecified atom stereocenters. The molecule has 24 heteroatoms. The highest BCUT2D eigenvalue weighted by Crippen LogP contribution is 2.48. The summed E-state index contributed by atoms with van der Waals surface area (Å²) >= 11 is 0. The van der Waals surface area contributed by atoms with Crippen LogP contribution in [-0.2, 0) is 124 Å². The zero-order valence-corrected chi connectivity index (χ0v) is 64.5. The van der Waals surface area contributed by atoms with Gasteiger partial charge in [0.25, 0.3) is 23.6 Å². The van der Waals surface area contributed by atoms with E-state index < -0.39 is 23.6 Å². The third-order valence-corrected chi connectivity index (χ3v) is 19.2. The topological polar surface area (TPSA) is 241 Å². The molecule has 0 radical (unpaired) electrons. The van der Waals surface area contributed by atoms with Crippen molar-refractivity contribution in [3.8, 4) is 0 Å². The molecule has 0 N–H and O–H groups in total. The van der Waals surface area contributed by atoms with Gasteiger partial charge in [0.15, 0.2) is 0 Å². The number of carbonyl (C=O) groups is 4. The number of imide groups is 2. The summed E-state index contributed by atoms with van der Waals surface area (Å²) in [5.41, 5.74) is 8.90. The van der Waals surface area contributed by atoms with Gasteiger partial charge in [-0.25, -0.2) is 9.80 Å². The van der Waals surface area contributed by atoms with E-state index in [1.165, 1.54) is 9.80 Å². The standard InChI is InChI=1S/C84H114N2O22/c1-91-33-39-103-51-45-97-27-7-13-61-57-65(58-62(14-8-28-98-46-52-104-40-34-92-2)67(61)17-11-31-101-49-55-107-43-37-95-5)85-81(87)73-23-19-69-71-21-25-75-80-76(26-22-72(78(71)80)70-20-24-74(82(85)88)79(73)77(69)70)84(90)86(83(75)89)66-59-63(15-9-29-99-47-53-105-41-35-93-3)68(18-12-32-102-50-56-108-44-38-96-6)64(60-66)16-10-30-100-48-54-106-42-36-94-4/h19-26,57-60H,7-18,27-56H2,1-6H3. The first-order valence-corrected chi connectivity index (χ1v) is 38.3. The van der Waals surface area contributed by atoms with Crippen molar-refractivity contribution in [1.82, 2.24) is 0 Å². The van der Waals surface area contributed by atoms with Gasteiger partial charge in [-0.3, -0.25) is 19.2 Å². The lowest BCUT2D eigenvalue weighted by atomic mass is 9.82. The molecule has 9 rings (SSSR count). The van der Waals surface area contributed by atoms with Gasteiger partial charge < -0.3 is 85.3 Å². The van der Waals surface area contributed by atoms with E-state index in [4.69, 9.17) is 85.3 Å². The zero-order chi connectivity index (χ0) is 75.9. The Bertz CT molecular complexity index is 3430. The number of methoxy groups -OCH3 is 6. The van der Waals surface area contributed by atoms with Crippen LogP contribution in [0, 0.1) is 0 Å². The summed E-state index contributed by atoms with van der Waals surface area (Å²) in [6.45, 7) is 14.2. The van der Waals surface area contributed by atoms with E-state index in [1.807, 2.05) is 72.8 Å². The second kappa shape index (κ2) is 48.2. The Morgan fingerprint density at radius 3 is 0.611 bits per heavy atom. The molecule has 7 aromatic carbocycles. The summed E-state index contributed by atoms with van der Waals surface area (Å²) in [5.74, 6) is -1.75. The van der Waals surface area contributed by atoms with Crippen molar-refractivity contribution in [2.45, 2.75) is 77.0 Å². The Balaban J connectivity index is 1.03. The fourth-order valence-corrected chi connectivity index (χ4v) is 14.0. The molecular weight excluding hydrogens is 1390 g/mol. The van der Waals surface area contributed by atoms with E-state index in [0.29, 0.717) is 307 Å². The normalized spacial score (nSPS) is 13.1. The number of aryl methyl sites for hydroxylation is 4. The molecule has 2 heterocycles. The minimum Gasteiger partial charge on any atom is -0.382 e. The molecule has 108 heavy (non-hydrogen) atoms. The third-order valence-electron chi connectivity index (χ3n) is 19.2. The van der Waals surface area contributed by atoms with Crippen LogP contribution in [0.25, 0.3) is 43.1 Å². The van der Waals surface area contributed by atoms with Gasteiger partial charge in [-0.2, -0.15) is 0 Å². The average molecular weight is 1500 g/mol. The highest BCUT2D eigenvalue weighted by atomic mass is 16.6. The average Bonchev–Trinajstić information content (AvgIpc) is 0.689. The fraction of sp³-hybridized carbons (Fsp3) is 0.571. The Labute approximate surface area is 635 Å². The first kappa shape index (κ1) is 85.4. The Kier molecular flexibility index (Phi) is 38.1. The molecule has 2 aliphatic heterocycles. The molecule has 24 nitrogen and oxygen atoms in total. The molecule has 0 aliphatic carbocycles. The maximum Gasteiger partial charge on any atom is 0.265 e. The molecule has 0 spiro atoms. The number of hydrogen-bond acceptors (Lipinski definition) is 22. The maximum atomic E-state index is 15.6. The minimum atomic E-state index is -0.437. The largest absolute Gasteiger partial charge is 0.382 e. The van der Waals surface area contributed by atoms with Gasteiger partial charge >= 0.3 is 0 Å². The van der Waals surface area contributed by atoms with Crippen LogP contribution in [0.1, 0.15) is 113 Å². The molecule has 0 saturated heterocycles. The molecule has 0 bridgehead atoms. The van der Waals surface area contributed by atoms with Crippen molar-refractivity contribution in [1.29, 1.82) is 0 Å². The van der Waals surface area contributed by atoms with Crippen LogP contribution in [0.2, 0.25) is 0 Å². The SMILES string of the molecule is COCCOCCOCCCc1cc(N2C(=O)c3ccc4c5ccc6c7c(ccc(c8ccc(c3c48)C2=O)c75)C(=O)N(c2cc(CCCOCCOCCOC)c(CCCOCCOCCOC)c(CCCOCCOCCOC)c2)C6=O)cc(CCCOCCOCCOC)c1CCCOCCOCCOC. The van der Waals surface area contributed by atoms with Crippen molar-refractivity contribution < 1.29 is 104 Å². The number of hydrogen-bond donors (Lipinski definition) is 0. The molecule has 0 saturated carbocycles. The van der Waals surface area contributed by atoms with Crippen molar-refractivity contribution in [2.75, 3.05) is 251 Å². The molecular formula is C84H114N2O22. The van der Waals surface area contributed by atoms with Crippen LogP contribution in [0.3, 0.4) is 0 Å². The number of ether oxygens (including phenoxy) is 18. The van der Waals surface area contributed by atoms with E-state index in [0.717, 1.165) is 78.5 Å².